The van der Waals surface area contributed by atoms with Gasteiger partial charge in [-0.2, -0.15) is 0 Å². The maximum atomic E-state index is 12.1. The maximum absolute atomic E-state index is 12.1. The van der Waals surface area contributed by atoms with Gasteiger partial charge in [-0.15, -0.1) is 0 Å². The first kappa shape index (κ1) is 21.8. The topological polar surface area (TPSA) is 81.7 Å². The van der Waals surface area contributed by atoms with Crippen LogP contribution in [0.5, 0.6) is 0 Å². The lowest BCUT2D eigenvalue weighted by Crippen LogP contribution is -2.13. The van der Waals surface area contributed by atoms with E-state index in [-0.39, 0.29) is 17.2 Å². The minimum atomic E-state index is -0.955. The molecule has 0 saturated carbocycles. The van der Waals surface area contributed by atoms with Crippen molar-refractivity contribution in [1.29, 1.82) is 0 Å². The van der Waals surface area contributed by atoms with E-state index in [1.54, 1.807) is 31.2 Å². The van der Waals surface area contributed by atoms with Gasteiger partial charge in [0.15, 0.2) is 0 Å². The van der Waals surface area contributed by atoms with E-state index in [9.17, 15) is 14.7 Å². The van der Waals surface area contributed by atoms with Crippen LogP contribution in [0, 0.1) is 0 Å². The van der Waals surface area contributed by atoms with E-state index in [0.29, 0.717) is 6.61 Å². The summed E-state index contributed by atoms with van der Waals surface area (Å²) in [6.07, 6.45) is 2.71. The molecular weight excluding hydrogens is 430 g/mol. The zero-order valence-electron chi connectivity index (χ0n) is 18.9. The SMILES string of the molecule is CCOC(=O)c1ccc(C2CCCc3c2cc(-c2ccccc2)n3-c2cccc(C(=O)O)c2)o1. The molecule has 1 aliphatic carbocycles. The van der Waals surface area contributed by atoms with Crippen molar-refractivity contribution in [3.63, 3.8) is 0 Å². The van der Waals surface area contributed by atoms with E-state index in [1.165, 1.54) is 0 Å². The normalized spacial score (nSPS) is 15.0. The standard InChI is InChI=1S/C28H25NO5/c1-2-33-28(32)26-15-14-25(34-26)21-12-7-13-23-22(21)17-24(18-8-4-3-5-9-18)29(23)20-11-6-10-19(16-20)27(30)31/h3-6,8-11,14-17,21H,2,7,12-13H2,1H3,(H,30,31). The van der Waals surface area contributed by atoms with Gasteiger partial charge in [0.1, 0.15) is 5.76 Å². The zero-order valence-corrected chi connectivity index (χ0v) is 18.9. The van der Waals surface area contributed by atoms with Crippen molar-refractivity contribution >= 4 is 11.9 Å². The molecule has 6 heteroatoms. The summed E-state index contributed by atoms with van der Waals surface area (Å²) in [6, 6.07) is 22.8. The van der Waals surface area contributed by atoms with Crippen LogP contribution in [0.4, 0.5) is 0 Å². The summed E-state index contributed by atoms with van der Waals surface area (Å²) < 4.78 is 13.2. The summed E-state index contributed by atoms with van der Waals surface area (Å²) in [6.45, 7) is 2.06. The summed E-state index contributed by atoms with van der Waals surface area (Å²) in [5.74, 6) is -0.471. The summed E-state index contributed by atoms with van der Waals surface area (Å²) >= 11 is 0. The Balaban J connectivity index is 1.65. The average Bonchev–Trinajstić information content (AvgIpc) is 3.50. The van der Waals surface area contributed by atoms with Crippen LogP contribution < -0.4 is 0 Å². The number of carboxylic acid groups (broad SMARTS) is 1. The molecule has 0 saturated heterocycles. The minimum Gasteiger partial charge on any atom is -0.478 e. The van der Waals surface area contributed by atoms with Crippen LogP contribution >= 0.6 is 0 Å². The lowest BCUT2D eigenvalue weighted by molar-refractivity contribution is 0.0487. The monoisotopic (exact) mass is 455 g/mol. The van der Waals surface area contributed by atoms with Crippen molar-refractivity contribution in [2.45, 2.75) is 32.1 Å². The molecular formula is C28H25NO5. The number of carbonyl (C=O) groups is 2. The van der Waals surface area contributed by atoms with Crippen molar-refractivity contribution in [3.05, 3.63) is 101 Å². The molecule has 2 aromatic carbocycles. The van der Waals surface area contributed by atoms with Crippen LogP contribution in [-0.2, 0) is 11.2 Å². The van der Waals surface area contributed by atoms with E-state index >= 15 is 0 Å². The fourth-order valence-corrected chi connectivity index (χ4v) is 4.80. The first-order chi connectivity index (χ1) is 16.6. The largest absolute Gasteiger partial charge is 0.478 e. The number of carbonyl (C=O) groups excluding carboxylic acids is 1. The Morgan fingerprint density at radius 1 is 1.06 bits per heavy atom. The Morgan fingerprint density at radius 2 is 1.88 bits per heavy atom. The third-order valence-electron chi connectivity index (χ3n) is 6.29. The second kappa shape index (κ2) is 9.06. The molecule has 0 amide bonds. The molecule has 1 atom stereocenters. The van der Waals surface area contributed by atoms with Crippen molar-refractivity contribution < 1.29 is 23.8 Å². The lowest BCUT2D eigenvalue weighted by Gasteiger charge is -2.23. The van der Waals surface area contributed by atoms with Gasteiger partial charge in [0.25, 0.3) is 0 Å². The summed E-state index contributed by atoms with van der Waals surface area (Å²) in [4.78, 5) is 23.8. The molecule has 5 rings (SSSR count). The van der Waals surface area contributed by atoms with Gasteiger partial charge in [-0.05, 0) is 73.7 Å². The van der Waals surface area contributed by atoms with Gasteiger partial charge < -0.3 is 18.8 Å². The molecule has 0 spiro atoms. The van der Waals surface area contributed by atoms with Gasteiger partial charge in [-0.3, -0.25) is 0 Å². The number of ether oxygens (including phenoxy) is 1. The van der Waals surface area contributed by atoms with Gasteiger partial charge in [-0.25, -0.2) is 9.59 Å². The fraction of sp³-hybridized carbons (Fsp3) is 0.214. The smallest absolute Gasteiger partial charge is 0.374 e. The molecule has 6 nitrogen and oxygen atoms in total. The first-order valence-electron chi connectivity index (χ1n) is 11.5. The third-order valence-corrected chi connectivity index (χ3v) is 6.29. The van der Waals surface area contributed by atoms with Crippen molar-refractivity contribution in [1.82, 2.24) is 4.57 Å². The van der Waals surface area contributed by atoms with Gasteiger partial charge in [0.05, 0.1) is 17.9 Å². The second-order valence-corrected chi connectivity index (χ2v) is 8.36. The van der Waals surface area contributed by atoms with Crippen molar-refractivity contribution in [2.75, 3.05) is 6.61 Å². The number of furan rings is 1. The summed E-state index contributed by atoms with van der Waals surface area (Å²) in [5.41, 5.74) is 5.37. The molecule has 172 valence electrons. The van der Waals surface area contributed by atoms with Gasteiger partial charge in [-0.1, -0.05) is 36.4 Å². The molecule has 34 heavy (non-hydrogen) atoms. The number of carboxylic acids is 1. The number of esters is 1. The number of hydrogen-bond acceptors (Lipinski definition) is 4. The molecule has 4 aromatic rings. The number of fused-ring (bicyclic) bond motifs is 1. The second-order valence-electron chi connectivity index (χ2n) is 8.36. The lowest BCUT2D eigenvalue weighted by atomic mass is 9.85. The number of hydrogen-bond donors (Lipinski definition) is 1. The summed E-state index contributed by atoms with van der Waals surface area (Å²) in [7, 11) is 0. The summed E-state index contributed by atoms with van der Waals surface area (Å²) in [5, 5.41) is 9.55. The van der Waals surface area contributed by atoms with Crippen molar-refractivity contribution in [3.8, 4) is 16.9 Å². The van der Waals surface area contributed by atoms with Crippen LogP contribution in [0.1, 0.15) is 63.6 Å². The van der Waals surface area contributed by atoms with E-state index in [1.807, 2.05) is 30.3 Å². The van der Waals surface area contributed by atoms with E-state index in [4.69, 9.17) is 9.15 Å². The van der Waals surface area contributed by atoms with Gasteiger partial charge in [0.2, 0.25) is 5.76 Å². The number of aromatic carboxylic acids is 1. The highest BCUT2D eigenvalue weighted by Gasteiger charge is 2.30. The number of benzene rings is 2. The molecule has 2 aromatic heterocycles. The van der Waals surface area contributed by atoms with Crippen LogP contribution in [0.3, 0.4) is 0 Å². The molecule has 2 heterocycles. The van der Waals surface area contributed by atoms with E-state index in [2.05, 4.69) is 22.8 Å². The Kier molecular flexibility index (Phi) is 5.80. The Hall–Kier alpha value is -4.06. The molecule has 1 aliphatic rings. The van der Waals surface area contributed by atoms with Crippen LogP contribution in [0.15, 0.2) is 77.2 Å². The number of rotatable bonds is 6. The van der Waals surface area contributed by atoms with Gasteiger partial charge >= 0.3 is 11.9 Å². The molecule has 0 aliphatic heterocycles. The molecule has 1 N–H and O–H groups in total. The zero-order chi connectivity index (χ0) is 23.7. The van der Waals surface area contributed by atoms with Crippen LogP contribution in [-0.4, -0.2) is 28.2 Å². The highest BCUT2D eigenvalue weighted by atomic mass is 16.5. The van der Waals surface area contributed by atoms with E-state index < -0.39 is 11.9 Å². The number of nitrogens with zero attached hydrogens (tertiary/aromatic N) is 1. The van der Waals surface area contributed by atoms with E-state index in [0.717, 1.165) is 53.2 Å². The Morgan fingerprint density at radius 3 is 2.65 bits per heavy atom. The predicted molar refractivity (Wildman–Crippen MR) is 128 cm³/mol. The third kappa shape index (κ3) is 3.92. The molecule has 0 radical (unpaired) electrons. The van der Waals surface area contributed by atoms with Gasteiger partial charge in [0, 0.05) is 17.3 Å². The highest BCUT2D eigenvalue weighted by molar-refractivity contribution is 5.88. The molecule has 0 bridgehead atoms. The molecule has 1 unspecified atom stereocenters. The minimum absolute atomic E-state index is 0.00158. The van der Waals surface area contributed by atoms with Crippen LogP contribution in [0.2, 0.25) is 0 Å². The maximum Gasteiger partial charge on any atom is 0.374 e. The Labute approximate surface area is 197 Å². The quantitative estimate of drug-likeness (QED) is 0.356. The Bertz CT molecular complexity index is 1350. The van der Waals surface area contributed by atoms with Crippen molar-refractivity contribution in [2.24, 2.45) is 0 Å². The first-order valence-corrected chi connectivity index (χ1v) is 11.5. The average molecular weight is 456 g/mol. The van der Waals surface area contributed by atoms with Crippen LogP contribution in [0.25, 0.3) is 16.9 Å². The predicted octanol–water partition coefficient (Wildman–Crippen LogP) is 6.08. The highest BCUT2D eigenvalue weighted by Crippen LogP contribution is 2.42. The fourth-order valence-electron chi connectivity index (χ4n) is 4.80. The molecule has 0 fully saturated rings. The number of aromatic nitrogens is 1.